The van der Waals surface area contributed by atoms with Crippen molar-refractivity contribution in [2.24, 2.45) is 23.7 Å². The number of ether oxygens (including phenoxy) is 3. The summed E-state index contributed by atoms with van der Waals surface area (Å²) in [7, 11) is 0. The van der Waals surface area contributed by atoms with E-state index >= 15 is 0 Å². The largest absolute Gasteiger partial charge is 0.433 e. The van der Waals surface area contributed by atoms with Gasteiger partial charge in [-0.15, -0.1) is 0 Å². The first-order chi connectivity index (χ1) is 9.17. The fraction of sp³-hybridized carbons (Fsp3) is 0.800. The summed E-state index contributed by atoms with van der Waals surface area (Å²) in [6, 6.07) is 0. The summed E-state index contributed by atoms with van der Waals surface area (Å²) in [4.78, 5) is 11.2. The van der Waals surface area contributed by atoms with Gasteiger partial charge in [0, 0.05) is 6.08 Å². The fourth-order valence-electron chi connectivity index (χ4n) is 4.91. The minimum atomic E-state index is -0.472. The molecule has 19 heavy (non-hydrogen) atoms. The van der Waals surface area contributed by atoms with Crippen LogP contribution in [-0.2, 0) is 19.0 Å². The highest BCUT2D eigenvalue weighted by Gasteiger charge is 2.66. The molecule has 0 aromatic rings. The van der Waals surface area contributed by atoms with Crippen LogP contribution < -0.4 is 0 Å². The van der Waals surface area contributed by atoms with Gasteiger partial charge >= 0.3 is 5.97 Å². The van der Waals surface area contributed by atoms with Crippen molar-refractivity contribution >= 4 is 5.97 Å². The van der Waals surface area contributed by atoms with E-state index in [1.165, 1.54) is 18.9 Å². The SMILES string of the molecule is C=CC(=O)OC(C)OC1CC2CC1C1CC3OC3C21. The van der Waals surface area contributed by atoms with Crippen LogP contribution in [0.25, 0.3) is 0 Å². The number of hydrogen-bond donors (Lipinski definition) is 0. The topological polar surface area (TPSA) is 48.1 Å². The molecule has 1 heterocycles. The van der Waals surface area contributed by atoms with Crippen molar-refractivity contribution in [3.05, 3.63) is 12.7 Å². The van der Waals surface area contributed by atoms with Crippen molar-refractivity contribution in [1.82, 2.24) is 0 Å². The van der Waals surface area contributed by atoms with Crippen molar-refractivity contribution in [3.8, 4) is 0 Å². The number of epoxide rings is 1. The zero-order valence-corrected chi connectivity index (χ0v) is 11.2. The molecule has 0 amide bonds. The summed E-state index contributed by atoms with van der Waals surface area (Å²) in [6.45, 7) is 5.19. The van der Waals surface area contributed by atoms with Gasteiger partial charge in [0.1, 0.15) is 0 Å². The molecule has 1 aliphatic heterocycles. The number of carbonyl (C=O) groups is 1. The summed E-state index contributed by atoms with van der Waals surface area (Å²) in [6.07, 6.45) is 5.68. The Morgan fingerprint density at radius 3 is 3.00 bits per heavy atom. The Morgan fingerprint density at radius 1 is 1.37 bits per heavy atom. The molecule has 1 saturated heterocycles. The van der Waals surface area contributed by atoms with E-state index in [4.69, 9.17) is 14.2 Å². The summed E-state index contributed by atoms with van der Waals surface area (Å²) < 4.78 is 16.7. The standard InChI is InChI=1S/C15H20O4/c1-3-13(16)18-7(2)17-11-5-8-4-9(11)10-6-12-15(19-12)14(8)10/h3,7-12,14-15H,1,4-6H2,2H3. The van der Waals surface area contributed by atoms with Gasteiger partial charge in [-0.1, -0.05) is 6.58 Å². The summed E-state index contributed by atoms with van der Waals surface area (Å²) >= 11 is 0. The monoisotopic (exact) mass is 264 g/mol. The van der Waals surface area contributed by atoms with E-state index in [-0.39, 0.29) is 6.10 Å². The summed E-state index contributed by atoms with van der Waals surface area (Å²) in [5.41, 5.74) is 0. The number of esters is 1. The molecule has 0 N–H and O–H groups in total. The molecule has 4 aliphatic rings. The van der Waals surface area contributed by atoms with E-state index in [1.807, 2.05) is 0 Å². The quantitative estimate of drug-likeness (QED) is 0.337. The molecular weight excluding hydrogens is 244 g/mol. The predicted octanol–water partition coefficient (Wildman–Crippen LogP) is 1.89. The van der Waals surface area contributed by atoms with Crippen LogP contribution in [0.5, 0.6) is 0 Å². The average molecular weight is 264 g/mol. The summed E-state index contributed by atoms with van der Waals surface area (Å²) in [5, 5.41) is 0. The second-order valence-corrected chi connectivity index (χ2v) is 6.39. The zero-order valence-electron chi connectivity index (χ0n) is 11.2. The number of rotatable bonds is 4. The van der Waals surface area contributed by atoms with Crippen LogP contribution in [0.4, 0.5) is 0 Å². The van der Waals surface area contributed by atoms with E-state index < -0.39 is 12.3 Å². The van der Waals surface area contributed by atoms with Gasteiger partial charge in [-0.2, -0.15) is 0 Å². The number of hydrogen-bond acceptors (Lipinski definition) is 4. The van der Waals surface area contributed by atoms with E-state index in [0.717, 1.165) is 24.2 Å². The van der Waals surface area contributed by atoms with Crippen LogP contribution in [0.15, 0.2) is 12.7 Å². The second kappa shape index (κ2) is 4.06. The Labute approximate surface area is 113 Å². The van der Waals surface area contributed by atoms with Gasteiger partial charge in [0.05, 0.1) is 18.3 Å². The van der Waals surface area contributed by atoms with Crippen LogP contribution in [0, 0.1) is 23.7 Å². The smallest absolute Gasteiger partial charge is 0.332 e. The molecule has 104 valence electrons. The van der Waals surface area contributed by atoms with Crippen molar-refractivity contribution in [2.45, 2.75) is 50.8 Å². The summed E-state index contributed by atoms with van der Waals surface area (Å²) in [5.74, 6) is 2.58. The fourth-order valence-corrected chi connectivity index (χ4v) is 4.91. The Morgan fingerprint density at radius 2 is 2.21 bits per heavy atom. The molecule has 4 heteroatoms. The molecule has 0 aromatic carbocycles. The van der Waals surface area contributed by atoms with E-state index in [1.54, 1.807) is 6.92 Å². The lowest BCUT2D eigenvalue weighted by Gasteiger charge is -2.33. The zero-order chi connectivity index (χ0) is 13.1. The minimum absolute atomic E-state index is 0.261. The first kappa shape index (κ1) is 11.9. The first-order valence-electron chi connectivity index (χ1n) is 7.31. The Bertz CT molecular complexity index is 420. The third-order valence-electron chi connectivity index (χ3n) is 5.50. The molecule has 4 rings (SSSR count). The highest BCUT2D eigenvalue weighted by molar-refractivity contribution is 5.81. The maximum absolute atomic E-state index is 11.2. The Balaban J connectivity index is 1.37. The van der Waals surface area contributed by atoms with E-state index in [0.29, 0.717) is 18.1 Å². The molecule has 3 aliphatic carbocycles. The van der Waals surface area contributed by atoms with Gasteiger partial charge in [0.15, 0.2) is 0 Å². The number of fused-ring (bicyclic) bond motifs is 7. The minimum Gasteiger partial charge on any atom is -0.433 e. The highest BCUT2D eigenvalue weighted by Crippen LogP contribution is 2.64. The average Bonchev–Trinajstić information content (AvgIpc) is 2.75. The molecule has 0 spiro atoms. The Hall–Kier alpha value is -0.870. The van der Waals surface area contributed by atoms with Crippen molar-refractivity contribution in [1.29, 1.82) is 0 Å². The molecule has 2 bridgehead atoms. The molecular formula is C15H20O4. The maximum atomic E-state index is 11.2. The normalized spacial score (nSPS) is 50.5. The first-order valence-corrected chi connectivity index (χ1v) is 7.31. The van der Waals surface area contributed by atoms with Crippen LogP contribution >= 0.6 is 0 Å². The Kier molecular flexibility index (Phi) is 2.55. The predicted molar refractivity (Wildman–Crippen MR) is 67.1 cm³/mol. The molecule has 8 unspecified atom stereocenters. The van der Waals surface area contributed by atoms with Crippen LogP contribution in [0.2, 0.25) is 0 Å². The highest BCUT2D eigenvalue weighted by atomic mass is 16.7. The lowest BCUT2D eigenvalue weighted by Crippen LogP contribution is -2.35. The van der Waals surface area contributed by atoms with Crippen LogP contribution in [0.3, 0.4) is 0 Å². The lowest BCUT2D eigenvalue weighted by atomic mass is 9.79. The third kappa shape index (κ3) is 1.77. The molecule has 3 saturated carbocycles. The van der Waals surface area contributed by atoms with Crippen molar-refractivity contribution in [2.75, 3.05) is 0 Å². The van der Waals surface area contributed by atoms with Gasteiger partial charge in [-0.25, -0.2) is 4.79 Å². The van der Waals surface area contributed by atoms with Crippen molar-refractivity contribution < 1.29 is 19.0 Å². The van der Waals surface area contributed by atoms with Gasteiger partial charge in [-0.05, 0) is 49.9 Å². The molecule has 4 fully saturated rings. The van der Waals surface area contributed by atoms with Gasteiger partial charge in [-0.3, -0.25) is 0 Å². The van der Waals surface area contributed by atoms with Crippen molar-refractivity contribution in [3.63, 3.8) is 0 Å². The molecule has 4 nitrogen and oxygen atoms in total. The molecule has 0 aromatic heterocycles. The van der Waals surface area contributed by atoms with Crippen LogP contribution in [0.1, 0.15) is 26.2 Å². The molecule has 0 radical (unpaired) electrons. The van der Waals surface area contributed by atoms with Gasteiger partial charge < -0.3 is 14.2 Å². The maximum Gasteiger partial charge on any atom is 0.332 e. The molecule has 8 atom stereocenters. The number of carbonyl (C=O) groups excluding carboxylic acids is 1. The van der Waals surface area contributed by atoms with E-state index in [9.17, 15) is 4.79 Å². The lowest BCUT2D eigenvalue weighted by molar-refractivity contribution is -0.188. The van der Waals surface area contributed by atoms with Crippen LogP contribution in [-0.4, -0.2) is 30.6 Å². The van der Waals surface area contributed by atoms with Gasteiger partial charge in [0.2, 0.25) is 6.29 Å². The second-order valence-electron chi connectivity index (χ2n) is 6.39. The van der Waals surface area contributed by atoms with E-state index in [2.05, 4.69) is 6.58 Å². The van der Waals surface area contributed by atoms with Gasteiger partial charge in [0.25, 0.3) is 0 Å². The third-order valence-corrected chi connectivity index (χ3v) is 5.50.